The molecule has 5 rings (SSSR count). The molecule has 0 radical (unpaired) electrons. The van der Waals surface area contributed by atoms with E-state index in [4.69, 9.17) is 11.6 Å². The molecule has 1 saturated heterocycles. The fourth-order valence-corrected chi connectivity index (χ4v) is 3.48. The number of benzene rings is 1. The van der Waals surface area contributed by atoms with E-state index < -0.39 is 5.82 Å². The number of hydrogen-bond acceptors (Lipinski definition) is 7. The van der Waals surface area contributed by atoms with Gasteiger partial charge in [-0.15, -0.1) is 0 Å². The molecule has 4 heterocycles. The van der Waals surface area contributed by atoms with Crippen molar-refractivity contribution in [3.63, 3.8) is 0 Å². The molecular formula is C19H15ClFN7O. The zero-order valence-electron chi connectivity index (χ0n) is 15.0. The lowest BCUT2D eigenvalue weighted by molar-refractivity contribution is 0.141. The maximum Gasteiger partial charge on any atom is 0.157 e. The molecule has 0 spiro atoms. The number of aromatic amines is 1. The van der Waals surface area contributed by atoms with E-state index in [0.717, 1.165) is 0 Å². The van der Waals surface area contributed by atoms with Crippen LogP contribution >= 0.6 is 11.6 Å². The Morgan fingerprint density at radius 2 is 2.07 bits per heavy atom. The molecule has 1 aromatic carbocycles. The highest BCUT2D eigenvalue weighted by atomic mass is 35.5. The molecule has 29 heavy (non-hydrogen) atoms. The number of β-amino-alcohol motifs (C(OH)–C–C–N with tert-alkyl or cyclic N) is 1. The Bertz CT molecular complexity index is 1190. The van der Waals surface area contributed by atoms with Crippen molar-refractivity contribution in [1.82, 2.24) is 24.9 Å². The molecule has 0 amide bonds. The third-order valence-electron chi connectivity index (χ3n) is 4.69. The number of halogens is 2. The lowest BCUT2D eigenvalue weighted by atomic mass is 10.2. The number of imidazole rings is 1. The van der Waals surface area contributed by atoms with Crippen LogP contribution in [0.3, 0.4) is 0 Å². The number of aromatic nitrogens is 5. The molecule has 3 N–H and O–H groups in total. The van der Waals surface area contributed by atoms with Crippen LogP contribution in [0.1, 0.15) is 0 Å². The molecule has 1 aliphatic heterocycles. The smallest absolute Gasteiger partial charge is 0.157 e. The van der Waals surface area contributed by atoms with Crippen LogP contribution in [0.25, 0.3) is 22.4 Å². The van der Waals surface area contributed by atoms with Gasteiger partial charge in [0.15, 0.2) is 5.82 Å². The molecule has 4 aromatic rings. The van der Waals surface area contributed by atoms with Gasteiger partial charge in [0.1, 0.15) is 35.1 Å². The van der Waals surface area contributed by atoms with Crippen molar-refractivity contribution in [2.24, 2.45) is 0 Å². The van der Waals surface area contributed by atoms with Gasteiger partial charge >= 0.3 is 0 Å². The van der Waals surface area contributed by atoms with E-state index in [-0.39, 0.29) is 16.7 Å². The molecule has 1 aliphatic rings. The van der Waals surface area contributed by atoms with Gasteiger partial charge in [-0.1, -0.05) is 17.7 Å². The average Bonchev–Trinajstić information content (AvgIpc) is 3.10. The van der Waals surface area contributed by atoms with E-state index in [1.807, 2.05) is 4.90 Å². The Kier molecular flexibility index (Phi) is 4.26. The minimum atomic E-state index is -0.462. The lowest BCUT2D eigenvalue weighted by Crippen LogP contribution is -2.51. The number of pyridine rings is 1. The summed E-state index contributed by atoms with van der Waals surface area (Å²) in [5, 5.41) is 12.9. The second-order valence-electron chi connectivity index (χ2n) is 6.68. The first-order chi connectivity index (χ1) is 14.1. The summed E-state index contributed by atoms with van der Waals surface area (Å²) in [6.45, 7) is 1.08. The van der Waals surface area contributed by atoms with Crippen molar-refractivity contribution in [3.8, 4) is 11.4 Å². The molecule has 8 nitrogen and oxygen atoms in total. The topological polar surface area (TPSA) is 103 Å². The van der Waals surface area contributed by atoms with Crippen molar-refractivity contribution in [2.45, 2.75) is 6.10 Å². The summed E-state index contributed by atoms with van der Waals surface area (Å²) in [5.74, 6) is 1.59. The van der Waals surface area contributed by atoms with E-state index in [1.54, 1.807) is 30.5 Å². The molecule has 0 atom stereocenters. The highest BCUT2D eigenvalue weighted by Gasteiger charge is 2.25. The number of rotatable bonds is 4. The highest BCUT2D eigenvalue weighted by Crippen LogP contribution is 2.32. The number of aliphatic hydroxyl groups excluding tert-OH is 1. The highest BCUT2D eigenvalue weighted by molar-refractivity contribution is 6.33. The number of hydrogen-bond donors (Lipinski definition) is 3. The third kappa shape index (κ3) is 3.24. The number of nitrogens with zero attached hydrogens (tertiary/aromatic N) is 5. The van der Waals surface area contributed by atoms with Crippen molar-refractivity contribution in [3.05, 3.63) is 53.7 Å². The fraction of sp³-hybridized carbons (Fsp3) is 0.158. The third-order valence-corrected chi connectivity index (χ3v) is 5.00. The molecule has 0 bridgehead atoms. The minimum absolute atomic E-state index is 0.206. The number of aliphatic hydroxyl groups is 1. The van der Waals surface area contributed by atoms with Gasteiger partial charge in [0.25, 0.3) is 0 Å². The van der Waals surface area contributed by atoms with Crippen LogP contribution in [0, 0.1) is 5.82 Å². The van der Waals surface area contributed by atoms with Crippen LogP contribution < -0.4 is 10.2 Å². The Morgan fingerprint density at radius 3 is 2.86 bits per heavy atom. The fourth-order valence-electron chi connectivity index (χ4n) is 3.22. The van der Waals surface area contributed by atoms with Crippen LogP contribution in [0.5, 0.6) is 0 Å². The standard InChI is InChI=1S/C19H15ClFN7O/c20-11-2-1-3-12(21)16(11)18-25-13-4-5-22-19(17(13)27-18)26-14-6-15(24-9-23-14)28-7-10(29)8-28/h1-6,9-10,29H,7-8H2,(H,25,27)(H,22,23,24,26). The van der Waals surface area contributed by atoms with Gasteiger partial charge in [0, 0.05) is 25.4 Å². The van der Waals surface area contributed by atoms with Crippen molar-refractivity contribution in [2.75, 3.05) is 23.3 Å². The summed E-state index contributed by atoms with van der Waals surface area (Å²) in [7, 11) is 0. The Hall–Kier alpha value is -3.30. The minimum Gasteiger partial charge on any atom is -0.389 e. The Balaban J connectivity index is 1.50. The van der Waals surface area contributed by atoms with Crippen LogP contribution in [0.2, 0.25) is 5.02 Å². The van der Waals surface area contributed by atoms with Crippen LogP contribution in [0.15, 0.2) is 42.9 Å². The quantitative estimate of drug-likeness (QED) is 0.474. The zero-order chi connectivity index (χ0) is 20.0. The van der Waals surface area contributed by atoms with Gasteiger partial charge in [-0.25, -0.2) is 24.3 Å². The molecule has 0 aliphatic carbocycles. The van der Waals surface area contributed by atoms with E-state index in [9.17, 15) is 9.50 Å². The molecule has 0 unspecified atom stereocenters. The molecule has 3 aromatic heterocycles. The summed E-state index contributed by atoms with van der Waals surface area (Å²) in [4.78, 5) is 22.3. The van der Waals surface area contributed by atoms with E-state index in [1.165, 1.54) is 12.4 Å². The zero-order valence-corrected chi connectivity index (χ0v) is 15.7. The van der Waals surface area contributed by atoms with Crippen LogP contribution in [-0.2, 0) is 0 Å². The first kappa shape index (κ1) is 17.8. The van der Waals surface area contributed by atoms with E-state index >= 15 is 0 Å². The van der Waals surface area contributed by atoms with Crippen LogP contribution in [-0.4, -0.2) is 49.2 Å². The number of H-pyrrole nitrogens is 1. The Morgan fingerprint density at radius 1 is 1.21 bits per heavy atom. The SMILES string of the molecule is OC1CN(c2cc(Nc3nccc4nc(-c5c(F)cccc5Cl)[nH]c34)ncn2)C1. The maximum absolute atomic E-state index is 14.3. The van der Waals surface area contributed by atoms with Gasteiger partial charge in [-0.2, -0.15) is 0 Å². The summed E-state index contributed by atoms with van der Waals surface area (Å²) in [6.07, 6.45) is 2.72. The molecular weight excluding hydrogens is 397 g/mol. The van der Waals surface area contributed by atoms with Gasteiger partial charge in [-0.3, -0.25) is 0 Å². The van der Waals surface area contributed by atoms with E-state index in [2.05, 4.69) is 30.2 Å². The summed E-state index contributed by atoms with van der Waals surface area (Å²) in [5.41, 5.74) is 1.41. The van der Waals surface area contributed by atoms with Crippen LogP contribution in [0.4, 0.5) is 21.8 Å². The monoisotopic (exact) mass is 411 g/mol. The number of nitrogens with one attached hydrogen (secondary N) is 2. The van der Waals surface area contributed by atoms with Gasteiger partial charge in [0.05, 0.1) is 22.2 Å². The van der Waals surface area contributed by atoms with Gasteiger partial charge in [0.2, 0.25) is 0 Å². The molecule has 1 fully saturated rings. The number of anilines is 3. The van der Waals surface area contributed by atoms with Crippen molar-refractivity contribution < 1.29 is 9.50 Å². The maximum atomic E-state index is 14.3. The average molecular weight is 412 g/mol. The predicted molar refractivity (Wildman–Crippen MR) is 108 cm³/mol. The first-order valence-corrected chi connectivity index (χ1v) is 9.27. The van der Waals surface area contributed by atoms with E-state index in [0.29, 0.717) is 47.4 Å². The van der Waals surface area contributed by atoms with Gasteiger partial charge < -0.3 is 20.3 Å². The Labute approximate surface area is 169 Å². The number of fused-ring (bicyclic) bond motifs is 1. The normalized spacial score (nSPS) is 14.2. The summed E-state index contributed by atoms with van der Waals surface area (Å²) in [6, 6.07) is 7.99. The predicted octanol–water partition coefficient (Wildman–Crippen LogP) is 3.13. The molecule has 10 heteroatoms. The molecule has 146 valence electrons. The summed E-state index contributed by atoms with van der Waals surface area (Å²) < 4.78 is 14.3. The van der Waals surface area contributed by atoms with Crippen molar-refractivity contribution >= 4 is 40.1 Å². The lowest BCUT2D eigenvalue weighted by Gasteiger charge is -2.36. The van der Waals surface area contributed by atoms with Gasteiger partial charge in [-0.05, 0) is 18.2 Å². The van der Waals surface area contributed by atoms with Crippen molar-refractivity contribution in [1.29, 1.82) is 0 Å². The molecule has 0 saturated carbocycles. The second-order valence-corrected chi connectivity index (χ2v) is 7.09. The summed E-state index contributed by atoms with van der Waals surface area (Å²) >= 11 is 6.17. The first-order valence-electron chi connectivity index (χ1n) is 8.89. The second kappa shape index (κ2) is 6.94. The largest absolute Gasteiger partial charge is 0.389 e.